The van der Waals surface area contributed by atoms with Gasteiger partial charge < -0.3 is 9.84 Å². The first-order valence-electron chi connectivity index (χ1n) is 7.16. The number of aliphatic carboxylic acids is 1. The first-order chi connectivity index (χ1) is 8.76. The van der Waals surface area contributed by atoms with E-state index in [1.165, 1.54) is 0 Å². The number of carboxylic acids is 1. The van der Waals surface area contributed by atoms with Crippen molar-refractivity contribution in [3.63, 3.8) is 0 Å². The molecule has 0 spiro atoms. The first-order valence-corrected chi connectivity index (χ1v) is 7.16. The summed E-state index contributed by atoms with van der Waals surface area (Å²) in [6, 6.07) is 0. The summed E-state index contributed by atoms with van der Waals surface area (Å²) in [7, 11) is 0. The van der Waals surface area contributed by atoms with Crippen molar-refractivity contribution in [3.05, 3.63) is 0 Å². The monoisotopic (exact) mass is 268 g/mol. The fourth-order valence-corrected chi connectivity index (χ4v) is 4.14. The molecule has 2 aliphatic carbocycles. The topological polar surface area (TPSA) is 63.6 Å². The highest BCUT2D eigenvalue weighted by molar-refractivity contribution is 5.83. The van der Waals surface area contributed by atoms with E-state index in [0.717, 1.165) is 12.8 Å². The highest BCUT2D eigenvalue weighted by Crippen LogP contribution is 2.63. The van der Waals surface area contributed by atoms with Crippen molar-refractivity contribution >= 4 is 11.9 Å². The summed E-state index contributed by atoms with van der Waals surface area (Å²) in [4.78, 5) is 23.8. The summed E-state index contributed by atoms with van der Waals surface area (Å²) in [5.74, 6) is -1.63. The van der Waals surface area contributed by atoms with Crippen LogP contribution >= 0.6 is 0 Å². The SMILES string of the molecule is CC(C)COC(=O)C1C(C(=O)O)C2CCC1C2(C)C. The van der Waals surface area contributed by atoms with Crippen molar-refractivity contribution in [1.82, 2.24) is 0 Å². The maximum absolute atomic E-state index is 12.3. The van der Waals surface area contributed by atoms with Gasteiger partial charge in [0.25, 0.3) is 0 Å². The minimum Gasteiger partial charge on any atom is -0.481 e. The van der Waals surface area contributed by atoms with Gasteiger partial charge in [-0.1, -0.05) is 27.7 Å². The van der Waals surface area contributed by atoms with Crippen LogP contribution in [0.4, 0.5) is 0 Å². The van der Waals surface area contributed by atoms with Gasteiger partial charge in [0.1, 0.15) is 0 Å². The summed E-state index contributed by atoms with van der Waals surface area (Å²) in [5.41, 5.74) is -0.0649. The minimum atomic E-state index is -0.841. The predicted molar refractivity (Wildman–Crippen MR) is 70.4 cm³/mol. The molecule has 4 nitrogen and oxygen atoms in total. The van der Waals surface area contributed by atoms with Crippen molar-refractivity contribution in [2.24, 2.45) is 35.0 Å². The molecule has 2 rings (SSSR count). The van der Waals surface area contributed by atoms with E-state index in [1.807, 2.05) is 13.8 Å². The molecule has 0 amide bonds. The Bertz CT molecular complexity index is 386. The molecule has 0 saturated heterocycles. The molecule has 4 atom stereocenters. The van der Waals surface area contributed by atoms with Crippen LogP contribution in [-0.2, 0) is 14.3 Å². The van der Waals surface area contributed by atoms with Crippen molar-refractivity contribution in [3.8, 4) is 0 Å². The molecule has 4 heteroatoms. The molecule has 2 bridgehead atoms. The fourth-order valence-electron chi connectivity index (χ4n) is 4.14. The molecule has 2 saturated carbocycles. The van der Waals surface area contributed by atoms with Crippen LogP contribution in [0.1, 0.15) is 40.5 Å². The summed E-state index contributed by atoms with van der Waals surface area (Å²) in [6.45, 7) is 8.53. The normalized spacial score (nSPS) is 35.6. The van der Waals surface area contributed by atoms with Gasteiger partial charge >= 0.3 is 11.9 Å². The van der Waals surface area contributed by atoms with Gasteiger partial charge in [-0.2, -0.15) is 0 Å². The quantitative estimate of drug-likeness (QED) is 0.796. The van der Waals surface area contributed by atoms with Crippen LogP contribution in [0.2, 0.25) is 0 Å². The van der Waals surface area contributed by atoms with Gasteiger partial charge in [-0.3, -0.25) is 9.59 Å². The minimum absolute atomic E-state index is 0.0649. The molecule has 0 heterocycles. The van der Waals surface area contributed by atoms with Gasteiger partial charge in [0, 0.05) is 0 Å². The number of ether oxygens (including phenoxy) is 1. The Morgan fingerprint density at radius 1 is 1.21 bits per heavy atom. The van der Waals surface area contributed by atoms with Crippen LogP contribution in [0.5, 0.6) is 0 Å². The van der Waals surface area contributed by atoms with E-state index in [1.54, 1.807) is 0 Å². The number of rotatable bonds is 4. The molecule has 1 N–H and O–H groups in total. The third-order valence-corrected chi connectivity index (χ3v) is 5.07. The van der Waals surface area contributed by atoms with Gasteiger partial charge in [-0.05, 0) is 36.0 Å². The van der Waals surface area contributed by atoms with Gasteiger partial charge in [0.15, 0.2) is 0 Å². The Hall–Kier alpha value is -1.06. The zero-order chi connectivity index (χ0) is 14.4. The lowest BCUT2D eigenvalue weighted by molar-refractivity contribution is -0.161. The molecule has 2 aliphatic rings. The molecule has 0 aliphatic heterocycles. The average Bonchev–Trinajstić information content (AvgIpc) is 2.72. The summed E-state index contributed by atoms with van der Waals surface area (Å²) >= 11 is 0. The van der Waals surface area contributed by atoms with E-state index in [9.17, 15) is 14.7 Å². The van der Waals surface area contributed by atoms with Gasteiger partial charge in [0.05, 0.1) is 18.4 Å². The Kier molecular flexibility index (Phi) is 3.63. The van der Waals surface area contributed by atoms with E-state index in [2.05, 4.69) is 13.8 Å². The Morgan fingerprint density at radius 3 is 2.21 bits per heavy atom. The van der Waals surface area contributed by atoms with E-state index < -0.39 is 17.8 Å². The van der Waals surface area contributed by atoms with Gasteiger partial charge in [-0.25, -0.2) is 0 Å². The number of hydrogen-bond acceptors (Lipinski definition) is 3. The summed E-state index contributed by atoms with van der Waals surface area (Å²) in [6.07, 6.45) is 1.87. The number of carbonyl (C=O) groups excluding carboxylic acids is 1. The highest BCUT2D eigenvalue weighted by Gasteiger charge is 2.64. The number of carbonyl (C=O) groups is 2. The number of carboxylic acid groups (broad SMARTS) is 1. The molecule has 0 aromatic rings. The molecule has 2 fully saturated rings. The molecule has 4 unspecified atom stereocenters. The standard InChI is InChI=1S/C15H24O4/c1-8(2)7-19-14(18)12-10-6-5-9(15(10,3)4)11(12)13(16)17/h8-12H,5-7H2,1-4H3,(H,16,17). The smallest absolute Gasteiger partial charge is 0.310 e. The third kappa shape index (κ3) is 2.26. The molecule has 0 aromatic carbocycles. The second-order valence-electron chi connectivity index (χ2n) is 7.03. The zero-order valence-corrected chi connectivity index (χ0v) is 12.2. The zero-order valence-electron chi connectivity index (χ0n) is 12.2. The van der Waals surface area contributed by atoms with Crippen molar-refractivity contribution in [2.75, 3.05) is 6.61 Å². The van der Waals surface area contributed by atoms with Gasteiger partial charge in [-0.15, -0.1) is 0 Å². The predicted octanol–water partition coefficient (Wildman–Crippen LogP) is 2.57. The van der Waals surface area contributed by atoms with Crippen LogP contribution in [0.25, 0.3) is 0 Å². The number of fused-ring (bicyclic) bond motifs is 2. The van der Waals surface area contributed by atoms with Crippen LogP contribution in [0.15, 0.2) is 0 Å². The van der Waals surface area contributed by atoms with Crippen LogP contribution < -0.4 is 0 Å². The van der Waals surface area contributed by atoms with Crippen LogP contribution in [0.3, 0.4) is 0 Å². The average molecular weight is 268 g/mol. The van der Waals surface area contributed by atoms with E-state index in [-0.39, 0.29) is 29.1 Å². The Labute approximate surface area is 114 Å². The van der Waals surface area contributed by atoms with E-state index >= 15 is 0 Å². The largest absolute Gasteiger partial charge is 0.481 e. The van der Waals surface area contributed by atoms with Gasteiger partial charge in [0.2, 0.25) is 0 Å². The lowest BCUT2D eigenvalue weighted by Gasteiger charge is -2.26. The second-order valence-corrected chi connectivity index (χ2v) is 7.03. The van der Waals surface area contributed by atoms with Crippen molar-refractivity contribution in [2.45, 2.75) is 40.5 Å². The molecule has 0 aromatic heterocycles. The van der Waals surface area contributed by atoms with Crippen molar-refractivity contribution in [1.29, 1.82) is 0 Å². The first kappa shape index (κ1) is 14.4. The van der Waals surface area contributed by atoms with Crippen LogP contribution in [-0.4, -0.2) is 23.7 Å². The summed E-state index contributed by atoms with van der Waals surface area (Å²) in [5, 5.41) is 9.46. The molecule has 108 valence electrons. The van der Waals surface area contributed by atoms with Crippen LogP contribution in [0, 0.1) is 35.0 Å². The van der Waals surface area contributed by atoms with Crippen molar-refractivity contribution < 1.29 is 19.4 Å². The Balaban J connectivity index is 2.18. The van der Waals surface area contributed by atoms with E-state index in [4.69, 9.17) is 4.74 Å². The third-order valence-electron chi connectivity index (χ3n) is 5.07. The van der Waals surface area contributed by atoms with E-state index in [0.29, 0.717) is 6.61 Å². The molecular weight excluding hydrogens is 244 g/mol. The molecule has 0 radical (unpaired) electrons. The maximum Gasteiger partial charge on any atom is 0.310 e. The fraction of sp³-hybridized carbons (Fsp3) is 0.867. The number of esters is 1. The molecule has 19 heavy (non-hydrogen) atoms. The maximum atomic E-state index is 12.3. The molecular formula is C15H24O4. The summed E-state index contributed by atoms with van der Waals surface area (Å²) < 4.78 is 5.31. The lowest BCUT2D eigenvalue weighted by atomic mass is 9.79. The lowest BCUT2D eigenvalue weighted by Crippen LogP contribution is -2.36. The highest BCUT2D eigenvalue weighted by atomic mass is 16.5. The second kappa shape index (κ2) is 4.80. The number of hydrogen-bond donors (Lipinski definition) is 1. The Morgan fingerprint density at radius 2 is 1.74 bits per heavy atom.